The first-order chi connectivity index (χ1) is 11.0. The van der Waals surface area contributed by atoms with Crippen molar-refractivity contribution in [1.29, 1.82) is 0 Å². The van der Waals surface area contributed by atoms with Crippen molar-refractivity contribution >= 4 is 11.6 Å². The number of amides is 1. The monoisotopic (exact) mass is 313 g/mol. The van der Waals surface area contributed by atoms with Gasteiger partial charge in [0.15, 0.2) is 0 Å². The van der Waals surface area contributed by atoms with Crippen LogP contribution in [0.15, 0.2) is 36.4 Å². The summed E-state index contributed by atoms with van der Waals surface area (Å²) >= 11 is 0. The third-order valence-electron chi connectivity index (χ3n) is 3.69. The highest BCUT2D eigenvalue weighted by molar-refractivity contribution is 6.04. The summed E-state index contributed by atoms with van der Waals surface area (Å²) in [6.45, 7) is 6.98. The molecular weight excluding hydrogens is 290 g/mol. The summed E-state index contributed by atoms with van der Waals surface area (Å²) in [5.74, 6) is 0.603. The fraction of sp³-hybridized carbons (Fsp3) is 0.316. The molecule has 0 heterocycles. The fourth-order valence-electron chi connectivity index (χ4n) is 2.31. The summed E-state index contributed by atoms with van der Waals surface area (Å²) in [6, 6.07) is 11.3. The minimum atomic E-state index is -0.145. The average Bonchev–Trinajstić information content (AvgIpc) is 2.53. The van der Waals surface area contributed by atoms with Crippen molar-refractivity contribution in [3.8, 4) is 5.75 Å². The number of hydrogen-bond acceptors (Lipinski definition) is 3. The molecular formula is C19H23NO3. The van der Waals surface area contributed by atoms with Crippen molar-refractivity contribution in [2.24, 2.45) is 0 Å². The van der Waals surface area contributed by atoms with E-state index in [0.717, 1.165) is 22.6 Å². The van der Waals surface area contributed by atoms with Gasteiger partial charge in [-0.1, -0.05) is 6.07 Å². The third-order valence-corrected chi connectivity index (χ3v) is 3.69. The lowest BCUT2D eigenvalue weighted by molar-refractivity contribution is 0.102. The number of nitrogens with one attached hydrogen (secondary N) is 1. The number of anilines is 1. The van der Waals surface area contributed by atoms with E-state index >= 15 is 0 Å². The van der Waals surface area contributed by atoms with Gasteiger partial charge in [0, 0.05) is 23.9 Å². The van der Waals surface area contributed by atoms with Gasteiger partial charge in [0.25, 0.3) is 5.91 Å². The fourth-order valence-corrected chi connectivity index (χ4v) is 2.31. The molecule has 2 rings (SSSR count). The van der Waals surface area contributed by atoms with Crippen molar-refractivity contribution in [3.05, 3.63) is 58.7 Å². The highest BCUT2D eigenvalue weighted by atomic mass is 16.5. The molecule has 0 aliphatic carbocycles. The molecule has 2 aromatic carbocycles. The molecule has 0 radical (unpaired) electrons. The number of aryl methyl sites for hydroxylation is 2. The van der Waals surface area contributed by atoms with Gasteiger partial charge in [-0.3, -0.25) is 4.79 Å². The van der Waals surface area contributed by atoms with Crippen LogP contribution in [0.25, 0.3) is 0 Å². The predicted octanol–water partition coefficient (Wildman–Crippen LogP) is 4.10. The Hall–Kier alpha value is -2.33. The second kappa shape index (κ2) is 7.79. The summed E-state index contributed by atoms with van der Waals surface area (Å²) in [5, 5.41) is 2.93. The number of ether oxygens (including phenoxy) is 2. The molecule has 0 atom stereocenters. The Kier molecular flexibility index (Phi) is 5.77. The molecule has 0 fully saturated rings. The Labute approximate surface area is 137 Å². The maximum absolute atomic E-state index is 12.4. The number of methoxy groups -OCH3 is 1. The average molecular weight is 313 g/mol. The molecule has 0 aliphatic heterocycles. The zero-order valence-electron chi connectivity index (χ0n) is 14.1. The van der Waals surface area contributed by atoms with E-state index in [1.165, 1.54) is 5.56 Å². The van der Waals surface area contributed by atoms with E-state index in [0.29, 0.717) is 18.8 Å². The summed E-state index contributed by atoms with van der Waals surface area (Å²) in [5.41, 5.74) is 4.59. The van der Waals surface area contributed by atoms with Crippen LogP contribution in [0.3, 0.4) is 0 Å². The van der Waals surface area contributed by atoms with Gasteiger partial charge in [-0.25, -0.2) is 0 Å². The molecule has 0 unspecified atom stereocenters. The molecule has 0 saturated carbocycles. The second-order valence-electron chi connectivity index (χ2n) is 5.44. The maximum Gasteiger partial charge on any atom is 0.255 e. The Morgan fingerprint density at radius 1 is 1.09 bits per heavy atom. The topological polar surface area (TPSA) is 47.6 Å². The molecule has 0 bridgehead atoms. The smallest absolute Gasteiger partial charge is 0.255 e. The van der Waals surface area contributed by atoms with Crippen LogP contribution in [0.5, 0.6) is 5.75 Å². The molecule has 2 aromatic rings. The van der Waals surface area contributed by atoms with Crippen molar-refractivity contribution in [3.63, 3.8) is 0 Å². The van der Waals surface area contributed by atoms with E-state index < -0.39 is 0 Å². The SMILES string of the molecule is CCOc1ccc(C(=O)Nc2ccc(C)c(C)c2)cc1COC. The molecule has 4 heteroatoms. The predicted molar refractivity (Wildman–Crippen MR) is 92.2 cm³/mol. The summed E-state index contributed by atoms with van der Waals surface area (Å²) in [7, 11) is 1.62. The normalized spacial score (nSPS) is 10.4. The molecule has 1 N–H and O–H groups in total. The van der Waals surface area contributed by atoms with Crippen LogP contribution in [0.2, 0.25) is 0 Å². The number of benzene rings is 2. The number of rotatable bonds is 6. The molecule has 1 amide bonds. The van der Waals surface area contributed by atoms with Gasteiger partial charge in [0.1, 0.15) is 5.75 Å². The van der Waals surface area contributed by atoms with E-state index in [2.05, 4.69) is 5.32 Å². The van der Waals surface area contributed by atoms with Crippen LogP contribution in [0.1, 0.15) is 34.0 Å². The first-order valence-electron chi connectivity index (χ1n) is 7.68. The van der Waals surface area contributed by atoms with Gasteiger partial charge in [-0.2, -0.15) is 0 Å². The molecule has 0 spiro atoms. The van der Waals surface area contributed by atoms with E-state index in [9.17, 15) is 4.79 Å². The van der Waals surface area contributed by atoms with E-state index in [1.807, 2.05) is 51.1 Å². The number of carbonyl (C=O) groups is 1. The van der Waals surface area contributed by atoms with Crippen molar-refractivity contribution < 1.29 is 14.3 Å². The number of hydrogen-bond donors (Lipinski definition) is 1. The highest BCUT2D eigenvalue weighted by Crippen LogP contribution is 2.22. The van der Waals surface area contributed by atoms with Gasteiger partial charge in [-0.15, -0.1) is 0 Å². The lowest BCUT2D eigenvalue weighted by Gasteiger charge is -2.12. The molecule has 4 nitrogen and oxygen atoms in total. The Bertz CT molecular complexity index is 695. The van der Waals surface area contributed by atoms with E-state index in [-0.39, 0.29) is 5.91 Å². The Morgan fingerprint density at radius 3 is 2.52 bits per heavy atom. The van der Waals surface area contributed by atoms with Crippen LogP contribution >= 0.6 is 0 Å². The van der Waals surface area contributed by atoms with E-state index in [1.54, 1.807) is 13.2 Å². The van der Waals surface area contributed by atoms with Crippen molar-refractivity contribution in [1.82, 2.24) is 0 Å². The van der Waals surface area contributed by atoms with Gasteiger partial charge in [0.05, 0.1) is 13.2 Å². The van der Waals surface area contributed by atoms with Crippen LogP contribution in [0, 0.1) is 13.8 Å². The highest BCUT2D eigenvalue weighted by Gasteiger charge is 2.11. The maximum atomic E-state index is 12.4. The van der Waals surface area contributed by atoms with Gasteiger partial charge in [0.2, 0.25) is 0 Å². The lowest BCUT2D eigenvalue weighted by Crippen LogP contribution is -2.13. The van der Waals surface area contributed by atoms with Crippen LogP contribution in [-0.4, -0.2) is 19.6 Å². The van der Waals surface area contributed by atoms with Crippen molar-refractivity contribution in [2.75, 3.05) is 19.0 Å². The second-order valence-corrected chi connectivity index (χ2v) is 5.44. The lowest BCUT2D eigenvalue weighted by atomic mass is 10.1. The molecule has 0 aromatic heterocycles. The van der Waals surface area contributed by atoms with Crippen LogP contribution in [-0.2, 0) is 11.3 Å². The van der Waals surface area contributed by atoms with Gasteiger partial charge >= 0.3 is 0 Å². The van der Waals surface area contributed by atoms with Gasteiger partial charge < -0.3 is 14.8 Å². The molecule has 0 aliphatic rings. The van der Waals surface area contributed by atoms with Crippen molar-refractivity contribution in [2.45, 2.75) is 27.4 Å². The third kappa shape index (κ3) is 4.33. The zero-order chi connectivity index (χ0) is 16.8. The Balaban J connectivity index is 2.21. The standard InChI is InChI=1S/C19H23NO3/c1-5-23-18-9-7-15(11-16(18)12-22-4)19(21)20-17-8-6-13(2)14(3)10-17/h6-11H,5,12H2,1-4H3,(H,20,21). The summed E-state index contributed by atoms with van der Waals surface area (Å²) < 4.78 is 10.7. The first kappa shape index (κ1) is 17.0. The molecule has 23 heavy (non-hydrogen) atoms. The van der Waals surface area contributed by atoms with Crippen LogP contribution < -0.4 is 10.1 Å². The minimum Gasteiger partial charge on any atom is -0.494 e. The zero-order valence-corrected chi connectivity index (χ0v) is 14.1. The summed E-state index contributed by atoms with van der Waals surface area (Å²) in [6.07, 6.45) is 0. The van der Waals surface area contributed by atoms with E-state index in [4.69, 9.17) is 9.47 Å². The summed E-state index contributed by atoms with van der Waals surface area (Å²) in [4.78, 5) is 12.4. The minimum absolute atomic E-state index is 0.145. The number of carbonyl (C=O) groups excluding carboxylic acids is 1. The molecule has 0 saturated heterocycles. The van der Waals surface area contributed by atoms with Gasteiger partial charge in [-0.05, 0) is 62.2 Å². The Morgan fingerprint density at radius 2 is 1.87 bits per heavy atom. The van der Waals surface area contributed by atoms with Crippen LogP contribution in [0.4, 0.5) is 5.69 Å². The quantitative estimate of drug-likeness (QED) is 0.873. The largest absolute Gasteiger partial charge is 0.494 e. The molecule has 122 valence electrons. The first-order valence-corrected chi connectivity index (χ1v) is 7.68.